The van der Waals surface area contributed by atoms with Crippen LogP contribution < -0.4 is 10.5 Å². The fraction of sp³-hybridized carbons (Fsp3) is 0.273. The third-order valence-corrected chi connectivity index (χ3v) is 6.13. The molecule has 4 aromatic rings. The molecule has 0 bridgehead atoms. The monoisotopic (exact) mass is 429 g/mol. The van der Waals surface area contributed by atoms with Crippen LogP contribution in [0.3, 0.4) is 0 Å². The van der Waals surface area contributed by atoms with Crippen LogP contribution in [-0.2, 0) is 13.6 Å². The highest BCUT2D eigenvalue weighted by atomic mass is 16.5. The maximum Gasteiger partial charge on any atom is 0.280 e. The number of hydrogen-bond donors (Lipinski definition) is 0. The van der Waals surface area contributed by atoms with Crippen molar-refractivity contribution in [2.24, 2.45) is 13.0 Å². The van der Waals surface area contributed by atoms with Gasteiger partial charge in [0.25, 0.3) is 5.56 Å². The highest BCUT2D eigenvalue weighted by Gasteiger charge is 2.52. The molecule has 10 heteroatoms. The van der Waals surface area contributed by atoms with E-state index in [1.807, 2.05) is 24.3 Å². The van der Waals surface area contributed by atoms with Crippen molar-refractivity contribution in [3.8, 4) is 0 Å². The zero-order valence-electron chi connectivity index (χ0n) is 17.5. The second kappa shape index (κ2) is 6.71. The number of Topliss-reactive ketones (excluding diaryl/α,β-unsaturated/α-hetero) is 1. The summed E-state index contributed by atoms with van der Waals surface area (Å²) in [5.74, 6) is 1.52. The zero-order valence-corrected chi connectivity index (χ0v) is 17.5. The van der Waals surface area contributed by atoms with Gasteiger partial charge in [0, 0.05) is 37.0 Å². The van der Waals surface area contributed by atoms with Gasteiger partial charge in [0.1, 0.15) is 12.9 Å². The second-order valence-corrected chi connectivity index (χ2v) is 8.22. The number of nitrogens with zero attached hydrogens (tertiary/aromatic N) is 7. The molecule has 2 aliphatic rings. The quantitative estimate of drug-likeness (QED) is 0.442. The van der Waals surface area contributed by atoms with Crippen LogP contribution >= 0.6 is 0 Å². The van der Waals surface area contributed by atoms with Gasteiger partial charge in [0.05, 0.1) is 12.2 Å². The summed E-state index contributed by atoms with van der Waals surface area (Å²) in [5, 5.41) is 4.15. The molecule has 0 radical (unpaired) electrons. The molecule has 2 atom stereocenters. The van der Waals surface area contributed by atoms with Crippen LogP contribution in [0, 0.1) is 5.92 Å². The van der Waals surface area contributed by atoms with Crippen molar-refractivity contribution in [1.29, 1.82) is 0 Å². The van der Waals surface area contributed by atoms with Gasteiger partial charge in [0.15, 0.2) is 22.8 Å². The molecule has 10 nitrogen and oxygen atoms in total. The number of imidazole rings is 1. The van der Waals surface area contributed by atoms with Gasteiger partial charge in [-0.2, -0.15) is 4.98 Å². The predicted molar refractivity (Wildman–Crippen MR) is 114 cm³/mol. The van der Waals surface area contributed by atoms with Gasteiger partial charge in [0.2, 0.25) is 5.89 Å². The summed E-state index contributed by atoms with van der Waals surface area (Å²) in [4.78, 5) is 39.3. The molecule has 0 spiro atoms. The van der Waals surface area contributed by atoms with E-state index in [1.165, 1.54) is 16.5 Å². The minimum atomic E-state index is -0.204. The average molecular weight is 429 g/mol. The molecular formula is C22H19N7O3. The van der Waals surface area contributed by atoms with E-state index < -0.39 is 0 Å². The Kier molecular flexibility index (Phi) is 3.91. The van der Waals surface area contributed by atoms with Crippen molar-refractivity contribution in [2.45, 2.75) is 19.4 Å². The van der Waals surface area contributed by atoms with E-state index >= 15 is 0 Å². The lowest BCUT2D eigenvalue weighted by Crippen LogP contribution is -2.22. The summed E-state index contributed by atoms with van der Waals surface area (Å²) in [7, 11) is 1.76. The van der Waals surface area contributed by atoms with Gasteiger partial charge in [-0.1, -0.05) is 17.3 Å². The maximum absolute atomic E-state index is 12.7. The van der Waals surface area contributed by atoms with Crippen LogP contribution in [-0.4, -0.2) is 41.6 Å². The Morgan fingerprint density at radius 3 is 2.88 bits per heavy atom. The summed E-state index contributed by atoms with van der Waals surface area (Å²) in [6.45, 7) is 2.54. The average Bonchev–Trinajstić information content (AvgIpc) is 3.21. The zero-order chi connectivity index (χ0) is 22.0. The topological polar surface area (TPSA) is 112 Å². The molecule has 1 saturated carbocycles. The molecule has 1 aromatic carbocycles. The van der Waals surface area contributed by atoms with Crippen molar-refractivity contribution in [3.05, 3.63) is 76.3 Å². The van der Waals surface area contributed by atoms with Crippen LogP contribution in [0.2, 0.25) is 0 Å². The normalized spacial score (nSPS) is 19.3. The Morgan fingerprint density at radius 1 is 1.25 bits per heavy atom. The van der Waals surface area contributed by atoms with E-state index in [1.54, 1.807) is 24.9 Å². The van der Waals surface area contributed by atoms with Crippen molar-refractivity contribution >= 4 is 22.6 Å². The standard InChI is InChI=1S/C22H19N7O3/c1-12(30)13-4-3-5-14(6-13)28-7-15-16(8-28)18(15)20-25-17(32-26-20)9-29-11-24-21-19(22(29)31)27(2)10-23-21/h3-7,10-11,16,18H,8-9H2,1-2H3/t16-,18-/m0/s1. The minimum Gasteiger partial charge on any atom is -0.347 e. The molecule has 32 heavy (non-hydrogen) atoms. The molecule has 1 aliphatic carbocycles. The SMILES string of the molecule is CC(=O)c1cccc(N2C=C3[C@H](c4noc(Cn5cnc6ncn(C)c6c5=O)n4)[C@H]3C2)c1. The third-order valence-electron chi connectivity index (χ3n) is 6.13. The molecule has 6 rings (SSSR count). The minimum absolute atomic E-state index is 0.0536. The lowest BCUT2D eigenvalue weighted by Gasteiger charge is -2.18. The maximum atomic E-state index is 12.7. The molecule has 4 heterocycles. The fourth-order valence-corrected chi connectivity index (χ4v) is 4.37. The Labute approximate surface area is 181 Å². The summed E-state index contributed by atoms with van der Waals surface area (Å²) < 4.78 is 8.51. The first-order valence-corrected chi connectivity index (χ1v) is 10.3. The van der Waals surface area contributed by atoms with Gasteiger partial charge < -0.3 is 14.0 Å². The summed E-state index contributed by atoms with van der Waals surface area (Å²) in [6, 6.07) is 7.64. The molecule has 1 fully saturated rings. The van der Waals surface area contributed by atoms with E-state index in [-0.39, 0.29) is 23.8 Å². The highest BCUT2D eigenvalue weighted by molar-refractivity contribution is 5.95. The third kappa shape index (κ3) is 2.87. The number of carbonyl (C=O) groups is 1. The van der Waals surface area contributed by atoms with Crippen LogP contribution in [0.25, 0.3) is 11.2 Å². The molecule has 0 unspecified atom stereocenters. The number of ketones is 1. The molecule has 160 valence electrons. The first kappa shape index (κ1) is 18.7. The number of anilines is 1. The number of carbonyl (C=O) groups excluding carboxylic acids is 1. The number of rotatable bonds is 5. The van der Waals surface area contributed by atoms with E-state index in [0.717, 1.165) is 12.2 Å². The number of fused-ring (bicyclic) bond motifs is 2. The second-order valence-electron chi connectivity index (χ2n) is 8.22. The molecular weight excluding hydrogens is 410 g/mol. The number of benzene rings is 1. The summed E-state index contributed by atoms with van der Waals surface area (Å²) in [5.41, 5.74) is 3.60. The first-order valence-electron chi connectivity index (χ1n) is 10.3. The van der Waals surface area contributed by atoms with Crippen molar-refractivity contribution in [2.75, 3.05) is 11.4 Å². The van der Waals surface area contributed by atoms with Gasteiger partial charge in [-0.15, -0.1) is 0 Å². The Balaban J connectivity index is 1.20. The lowest BCUT2D eigenvalue weighted by molar-refractivity contribution is 0.101. The van der Waals surface area contributed by atoms with Gasteiger partial charge in [-0.05, 0) is 24.6 Å². The van der Waals surface area contributed by atoms with Crippen molar-refractivity contribution in [1.82, 2.24) is 29.2 Å². The van der Waals surface area contributed by atoms with Crippen LogP contribution in [0.1, 0.15) is 34.9 Å². The number of hydrogen-bond acceptors (Lipinski definition) is 8. The largest absolute Gasteiger partial charge is 0.347 e. The van der Waals surface area contributed by atoms with Crippen molar-refractivity contribution < 1.29 is 9.32 Å². The highest BCUT2D eigenvalue weighted by Crippen LogP contribution is 2.56. The molecule has 0 saturated heterocycles. The molecule has 0 amide bonds. The van der Waals surface area contributed by atoms with Crippen LogP contribution in [0.5, 0.6) is 0 Å². The Hall–Kier alpha value is -4.08. The first-order chi connectivity index (χ1) is 15.5. The lowest BCUT2D eigenvalue weighted by atomic mass is 10.1. The molecule has 0 N–H and O–H groups in total. The van der Waals surface area contributed by atoms with E-state index in [0.29, 0.717) is 34.4 Å². The van der Waals surface area contributed by atoms with Crippen LogP contribution in [0.4, 0.5) is 5.69 Å². The summed E-state index contributed by atoms with van der Waals surface area (Å²) in [6.07, 6.45) is 5.12. The van der Waals surface area contributed by atoms with Gasteiger partial charge >= 0.3 is 0 Å². The smallest absolute Gasteiger partial charge is 0.280 e. The van der Waals surface area contributed by atoms with E-state index in [2.05, 4.69) is 31.2 Å². The molecule has 3 aromatic heterocycles. The Bertz CT molecular complexity index is 1480. The van der Waals surface area contributed by atoms with Crippen LogP contribution in [0.15, 0.2) is 58.0 Å². The summed E-state index contributed by atoms with van der Waals surface area (Å²) >= 11 is 0. The number of aryl methyl sites for hydroxylation is 1. The predicted octanol–water partition coefficient (Wildman–Crippen LogP) is 1.88. The van der Waals surface area contributed by atoms with E-state index in [9.17, 15) is 9.59 Å². The van der Waals surface area contributed by atoms with Gasteiger partial charge in [-0.25, -0.2) is 9.97 Å². The van der Waals surface area contributed by atoms with E-state index in [4.69, 9.17) is 4.52 Å². The number of aromatic nitrogens is 6. The molecule has 1 aliphatic heterocycles. The van der Waals surface area contributed by atoms with Gasteiger partial charge in [-0.3, -0.25) is 14.2 Å². The Morgan fingerprint density at radius 2 is 2.09 bits per heavy atom. The fourth-order valence-electron chi connectivity index (χ4n) is 4.37. The van der Waals surface area contributed by atoms with Crippen molar-refractivity contribution in [3.63, 3.8) is 0 Å².